The van der Waals surface area contributed by atoms with Gasteiger partial charge in [0.15, 0.2) is 0 Å². The second-order valence-corrected chi connectivity index (χ2v) is 8.33. The number of hydrogen-bond donors (Lipinski definition) is 1. The first kappa shape index (κ1) is 16.8. The van der Waals surface area contributed by atoms with Crippen LogP contribution >= 0.6 is 0 Å². The Balaban J connectivity index is 4.49. The number of sulfone groups is 1. The maximum atomic E-state index is 11.9. The zero-order valence-electron chi connectivity index (χ0n) is 10.5. The standard InChI is InChI=1S/C8H21N3O4S2/c1-10(6-4-5-9)17(14,15)11(2)7-8-16(3,12)13/h4-9H2,1-3H3. The van der Waals surface area contributed by atoms with Gasteiger partial charge < -0.3 is 5.73 Å². The highest BCUT2D eigenvalue weighted by Gasteiger charge is 2.23. The molecule has 17 heavy (non-hydrogen) atoms. The molecule has 0 saturated carbocycles. The molecular weight excluding hydrogens is 266 g/mol. The fourth-order valence-electron chi connectivity index (χ4n) is 1.08. The highest BCUT2D eigenvalue weighted by Crippen LogP contribution is 2.04. The van der Waals surface area contributed by atoms with Gasteiger partial charge in [-0.05, 0) is 13.0 Å². The summed E-state index contributed by atoms with van der Waals surface area (Å²) in [6.07, 6.45) is 1.64. The van der Waals surface area contributed by atoms with Crippen LogP contribution in [-0.2, 0) is 20.0 Å². The van der Waals surface area contributed by atoms with Gasteiger partial charge in [-0.1, -0.05) is 0 Å². The van der Waals surface area contributed by atoms with E-state index in [0.717, 1.165) is 10.6 Å². The molecule has 0 aliphatic carbocycles. The third kappa shape index (κ3) is 6.32. The summed E-state index contributed by atoms with van der Waals surface area (Å²) in [7, 11) is -3.95. The predicted octanol–water partition coefficient (Wildman–Crippen LogP) is -1.51. The normalized spacial score (nSPS) is 13.5. The molecule has 104 valence electrons. The summed E-state index contributed by atoms with van der Waals surface area (Å²) in [6, 6.07) is 0. The molecule has 0 atom stereocenters. The van der Waals surface area contributed by atoms with E-state index in [1.165, 1.54) is 18.4 Å². The third-order valence-electron chi connectivity index (χ3n) is 2.24. The van der Waals surface area contributed by atoms with Crippen LogP contribution in [0.3, 0.4) is 0 Å². The van der Waals surface area contributed by atoms with Crippen LogP contribution in [0.25, 0.3) is 0 Å². The number of nitrogens with zero attached hydrogens (tertiary/aromatic N) is 2. The molecule has 0 saturated heterocycles. The van der Waals surface area contributed by atoms with Crippen molar-refractivity contribution in [3.8, 4) is 0 Å². The Morgan fingerprint density at radius 1 is 1.00 bits per heavy atom. The minimum absolute atomic E-state index is 0.0475. The third-order valence-corrected chi connectivity index (χ3v) is 5.11. The Morgan fingerprint density at radius 2 is 1.47 bits per heavy atom. The Kier molecular flexibility index (Phi) is 6.56. The average Bonchev–Trinajstić information content (AvgIpc) is 2.21. The van der Waals surface area contributed by atoms with Gasteiger partial charge in [-0.2, -0.15) is 17.0 Å². The van der Waals surface area contributed by atoms with Crippen molar-refractivity contribution in [2.75, 3.05) is 45.7 Å². The lowest BCUT2D eigenvalue weighted by Crippen LogP contribution is -2.42. The molecule has 7 nitrogen and oxygen atoms in total. The summed E-state index contributed by atoms with van der Waals surface area (Å²) in [6.45, 7) is 0.684. The first-order valence-electron chi connectivity index (χ1n) is 5.16. The van der Waals surface area contributed by atoms with Crippen molar-refractivity contribution in [1.29, 1.82) is 0 Å². The van der Waals surface area contributed by atoms with Gasteiger partial charge in [0.05, 0.1) is 5.75 Å². The molecule has 2 N–H and O–H groups in total. The quantitative estimate of drug-likeness (QED) is 0.585. The van der Waals surface area contributed by atoms with Crippen molar-refractivity contribution in [3.05, 3.63) is 0 Å². The first-order valence-corrected chi connectivity index (χ1v) is 8.62. The van der Waals surface area contributed by atoms with Crippen molar-refractivity contribution in [1.82, 2.24) is 8.61 Å². The lowest BCUT2D eigenvalue weighted by Gasteiger charge is -2.23. The van der Waals surface area contributed by atoms with Crippen molar-refractivity contribution in [2.24, 2.45) is 5.73 Å². The molecule has 0 radical (unpaired) electrons. The average molecular weight is 287 g/mol. The Bertz CT molecular complexity index is 418. The maximum Gasteiger partial charge on any atom is 0.281 e. The topological polar surface area (TPSA) is 101 Å². The molecule has 0 aliphatic heterocycles. The van der Waals surface area contributed by atoms with Gasteiger partial charge in [-0.25, -0.2) is 8.42 Å². The zero-order valence-corrected chi connectivity index (χ0v) is 12.1. The van der Waals surface area contributed by atoms with E-state index in [1.54, 1.807) is 0 Å². The van der Waals surface area contributed by atoms with Crippen LogP contribution < -0.4 is 5.73 Å². The molecule has 0 aliphatic rings. The van der Waals surface area contributed by atoms with E-state index in [9.17, 15) is 16.8 Å². The Labute approximate surface area is 104 Å². The van der Waals surface area contributed by atoms with Gasteiger partial charge in [0.1, 0.15) is 9.84 Å². The second kappa shape index (κ2) is 6.64. The van der Waals surface area contributed by atoms with E-state index in [-0.39, 0.29) is 12.3 Å². The van der Waals surface area contributed by atoms with Crippen molar-refractivity contribution >= 4 is 20.0 Å². The molecule has 0 fully saturated rings. The van der Waals surface area contributed by atoms with E-state index in [2.05, 4.69) is 0 Å². The van der Waals surface area contributed by atoms with Gasteiger partial charge in [-0.3, -0.25) is 0 Å². The Morgan fingerprint density at radius 3 is 1.88 bits per heavy atom. The second-order valence-electron chi connectivity index (χ2n) is 3.92. The maximum absolute atomic E-state index is 11.9. The SMILES string of the molecule is CN(CCCN)S(=O)(=O)N(C)CCS(C)(=O)=O. The molecule has 0 aromatic carbocycles. The van der Waals surface area contributed by atoms with Crippen molar-refractivity contribution in [2.45, 2.75) is 6.42 Å². The van der Waals surface area contributed by atoms with Crippen molar-refractivity contribution < 1.29 is 16.8 Å². The molecule has 0 aromatic rings. The monoisotopic (exact) mass is 287 g/mol. The zero-order chi connectivity index (χ0) is 13.7. The molecule has 0 spiro atoms. The van der Waals surface area contributed by atoms with Gasteiger partial charge in [0.25, 0.3) is 10.2 Å². The van der Waals surface area contributed by atoms with Gasteiger partial charge >= 0.3 is 0 Å². The molecule has 0 rings (SSSR count). The summed E-state index contributed by atoms with van der Waals surface area (Å²) in [5.74, 6) is -0.187. The summed E-state index contributed by atoms with van der Waals surface area (Å²) in [4.78, 5) is 0. The van der Waals surface area contributed by atoms with Crippen LogP contribution in [0.4, 0.5) is 0 Å². The number of rotatable bonds is 8. The number of nitrogens with two attached hydrogens (primary N) is 1. The molecule has 0 unspecified atom stereocenters. The van der Waals surface area contributed by atoms with Crippen LogP contribution in [0.2, 0.25) is 0 Å². The minimum Gasteiger partial charge on any atom is -0.330 e. The largest absolute Gasteiger partial charge is 0.330 e. The predicted molar refractivity (Wildman–Crippen MR) is 67.6 cm³/mol. The summed E-state index contributed by atoms with van der Waals surface area (Å²) >= 11 is 0. The van der Waals surface area contributed by atoms with Gasteiger partial charge in [0.2, 0.25) is 0 Å². The fourth-order valence-corrected chi connectivity index (χ4v) is 2.96. The van der Waals surface area contributed by atoms with E-state index in [1.807, 2.05) is 0 Å². The first-order chi connectivity index (χ1) is 7.61. The Hall–Kier alpha value is -0.220. The fraction of sp³-hybridized carbons (Fsp3) is 1.00. The van der Waals surface area contributed by atoms with E-state index in [0.29, 0.717) is 19.5 Å². The van der Waals surface area contributed by atoms with Gasteiger partial charge in [0, 0.05) is 33.4 Å². The smallest absolute Gasteiger partial charge is 0.281 e. The summed E-state index contributed by atoms with van der Waals surface area (Å²) in [5, 5.41) is 0. The lowest BCUT2D eigenvalue weighted by atomic mass is 10.4. The minimum atomic E-state index is -3.59. The highest BCUT2D eigenvalue weighted by atomic mass is 32.2. The number of hydrogen-bond acceptors (Lipinski definition) is 5. The van der Waals surface area contributed by atoms with Crippen LogP contribution in [0.5, 0.6) is 0 Å². The van der Waals surface area contributed by atoms with E-state index >= 15 is 0 Å². The van der Waals surface area contributed by atoms with Crippen molar-refractivity contribution in [3.63, 3.8) is 0 Å². The van der Waals surface area contributed by atoms with Crippen LogP contribution in [0.1, 0.15) is 6.42 Å². The lowest BCUT2D eigenvalue weighted by molar-refractivity contribution is 0.397. The summed E-state index contributed by atoms with van der Waals surface area (Å²) in [5.41, 5.74) is 5.30. The van der Waals surface area contributed by atoms with E-state index < -0.39 is 20.0 Å². The van der Waals surface area contributed by atoms with Crippen LogP contribution in [0.15, 0.2) is 0 Å². The van der Waals surface area contributed by atoms with Crippen LogP contribution in [-0.4, -0.2) is 71.2 Å². The van der Waals surface area contributed by atoms with Crippen LogP contribution in [0, 0.1) is 0 Å². The summed E-state index contributed by atoms with van der Waals surface area (Å²) < 4.78 is 47.8. The molecule has 0 heterocycles. The molecule has 9 heteroatoms. The highest BCUT2D eigenvalue weighted by molar-refractivity contribution is 7.90. The molecule has 0 amide bonds. The van der Waals surface area contributed by atoms with Gasteiger partial charge in [-0.15, -0.1) is 0 Å². The molecule has 0 bridgehead atoms. The molecule has 0 aromatic heterocycles. The molecular formula is C8H21N3O4S2. The van der Waals surface area contributed by atoms with E-state index in [4.69, 9.17) is 5.73 Å².